The molecule has 8 heteroatoms. The molecule has 1 fully saturated rings. The van der Waals surface area contributed by atoms with Crippen LogP contribution < -0.4 is 15.2 Å². The minimum absolute atomic E-state index is 0.0260. The molecule has 0 atom stereocenters. The number of amides is 1. The Morgan fingerprint density at radius 1 is 1.39 bits per heavy atom. The molecule has 1 amide bonds. The van der Waals surface area contributed by atoms with E-state index in [0.29, 0.717) is 24.7 Å². The first-order chi connectivity index (χ1) is 11.0. The lowest BCUT2D eigenvalue weighted by Crippen LogP contribution is -2.40. The van der Waals surface area contributed by atoms with Gasteiger partial charge in [0.15, 0.2) is 11.5 Å². The number of hydrogen-bond donors (Lipinski definition) is 1. The van der Waals surface area contributed by atoms with E-state index in [4.69, 9.17) is 15.2 Å². The van der Waals surface area contributed by atoms with Gasteiger partial charge in [0.1, 0.15) is 6.61 Å². The van der Waals surface area contributed by atoms with E-state index in [1.807, 2.05) is 0 Å². The van der Waals surface area contributed by atoms with Gasteiger partial charge in [-0.15, -0.1) is 0 Å². The number of hydrogen-bond acceptors (Lipinski definition) is 6. The van der Waals surface area contributed by atoms with E-state index in [0.717, 1.165) is 25.9 Å². The van der Waals surface area contributed by atoms with Crippen LogP contribution in [0.2, 0.25) is 0 Å². The Hall–Kier alpha value is -2.35. The number of carbonyl (C=O) groups excluding carboxylic acids is 1. The van der Waals surface area contributed by atoms with Crippen molar-refractivity contribution in [1.82, 2.24) is 4.90 Å². The van der Waals surface area contributed by atoms with Gasteiger partial charge in [0, 0.05) is 18.5 Å². The highest BCUT2D eigenvalue weighted by molar-refractivity contribution is 5.76. The minimum Gasteiger partial charge on any atom is -0.493 e. The van der Waals surface area contributed by atoms with Gasteiger partial charge >= 0.3 is 0 Å². The molecular weight excluding hydrogens is 302 g/mol. The average Bonchev–Trinajstić information content (AvgIpc) is 2.55. The monoisotopic (exact) mass is 323 g/mol. The summed E-state index contributed by atoms with van der Waals surface area (Å²) < 4.78 is 10.8. The molecule has 1 aliphatic rings. The number of rotatable bonds is 7. The van der Waals surface area contributed by atoms with Crippen molar-refractivity contribution in [2.45, 2.75) is 12.8 Å². The summed E-state index contributed by atoms with van der Waals surface area (Å²) in [5, 5.41) is 10.7. The van der Waals surface area contributed by atoms with Crippen LogP contribution in [0.15, 0.2) is 18.2 Å². The lowest BCUT2D eigenvalue weighted by atomic mass is 9.96. The summed E-state index contributed by atoms with van der Waals surface area (Å²) in [7, 11) is 1.44. The van der Waals surface area contributed by atoms with Crippen LogP contribution in [0.3, 0.4) is 0 Å². The van der Waals surface area contributed by atoms with Crippen molar-refractivity contribution in [3.8, 4) is 11.5 Å². The highest BCUT2D eigenvalue weighted by Crippen LogP contribution is 2.31. The van der Waals surface area contributed by atoms with E-state index in [-0.39, 0.29) is 17.5 Å². The summed E-state index contributed by atoms with van der Waals surface area (Å²) in [6.07, 6.45) is 1.55. The standard InChI is InChI=1S/C15H21N3O5/c1-22-14-10-12(18(20)21)2-3-13(14)23-9-8-17-6-4-11(5-7-17)15(16)19/h2-3,10-11H,4-9H2,1H3,(H2,16,19). The number of carbonyl (C=O) groups is 1. The number of nitro groups is 1. The van der Waals surface area contributed by atoms with Crippen LogP contribution in [0, 0.1) is 16.0 Å². The summed E-state index contributed by atoms with van der Waals surface area (Å²) >= 11 is 0. The molecule has 1 aromatic rings. The van der Waals surface area contributed by atoms with Crippen molar-refractivity contribution >= 4 is 11.6 Å². The second-order valence-electron chi connectivity index (χ2n) is 5.46. The van der Waals surface area contributed by atoms with Crippen molar-refractivity contribution < 1.29 is 19.2 Å². The number of benzene rings is 1. The molecule has 1 saturated heterocycles. The molecule has 23 heavy (non-hydrogen) atoms. The molecule has 0 bridgehead atoms. The number of piperidine rings is 1. The molecule has 0 spiro atoms. The fraction of sp³-hybridized carbons (Fsp3) is 0.533. The first-order valence-electron chi connectivity index (χ1n) is 7.48. The second-order valence-corrected chi connectivity index (χ2v) is 5.46. The molecule has 0 aliphatic carbocycles. The van der Waals surface area contributed by atoms with E-state index in [9.17, 15) is 14.9 Å². The molecule has 0 radical (unpaired) electrons. The Labute approximate surface area is 134 Å². The van der Waals surface area contributed by atoms with Crippen molar-refractivity contribution in [3.63, 3.8) is 0 Å². The average molecular weight is 323 g/mol. The Bertz CT molecular complexity index is 570. The first kappa shape index (κ1) is 17.0. The third kappa shape index (κ3) is 4.56. The summed E-state index contributed by atoms with van der Waals surface area (Å²) in [6, 6.07) is 4.26. The maximum Gasteiger partial charge on any atom is 0.273 e. The van der Waals surface area contributed by atoms with Gasteiger partial charge in [0.2, 0.25) is 5.91 Å². The maximum absolute atomic E-state index is 11.1. The van der Waals surface area contributed by atoms with Crippen LogP contribution in [0.5, 0.6) is 11.5 Å². The second kappa shape index (κ2) is 7.77. The smallest absolute Gasteiger partial charge is 0.273 e. The summed E-state index contributed by atoms with van der Waals surface area (Å²) in [5.41, 5.74) is 5.27. The van der Waals surface area contributed by atoms with Gasteiger partial charge in [-0.3, -0.25) is 19.8 Å². The van der Waals surface area contributed by atoms with Gasteiger partial charge in [-0.1, -0.05) is 0 Å². The van der Waals surface area contributed by atoms with E-state index < -0.39 is 4.92 Å². The number of nitro benzene ring substituents is 1. The van der Waals surface area contributed by atoms with Crippen molar-refractivity contribution in [3.05, 3.63) is 28.3 Å². The van der Waals surface area contributed by atoms with E-state index in [2.05, 4.69) is 4.90 Å². The van der Waals surface area contributed by atoms with Gasteiger partial charge < -0.3 is 15.2 Å². The lowest BCUT2D eigenvalue weighted by Gasteiger charge is -2.30. The van der Waals surface area contributed by atoms with Crippen LogP contribution in [0.1, 0.15) is 12.8 Å². The van der Waals surface area contributed by atoms with E-state index in [1.165, 1.54) is 25.3 Å². The molecule has 1 aromatic carbocycles. The molecule has 1 heterocycles. The Morgan fingerprint density at radius 3 is 2.65 bits per heavy atom. The van der Waals surface area contributed by atoms with E-state index >= 15 is 0 Å². The van der Waals surface area contributed by atoms with Crippen LogP contribution >= 0.6 is 0 Å². The van der Waals surface area contributed by atoms with Crippen LogP contribution in [-0.4, -0.2) is 49.1 Å². The van der Waals surface area contributed by atoms with Gasteiger partial charge in [0.05, 0.1) is 18.1 Å². The predicted molar refractivity (Wildman–Crippen MR) is 83.5 cm³/mol. The fourth-order valence-electron chi connectivity index (χ4n) is 2.61. The molecule has 1 aliphatic heterocycles. The number of likely N-dealkylation sites (tertiary alicyclic amines) is 1. The zero-order valence-corrected chi connectivity index (χ0v) is 13.1. The predicted octanol–water partition coefficient (Wildman–Crippen LogP) is 1.18. The topological polar surface area (TPSA) is 108 Å². The van der Waals surface area contributed by atoms with Gasteiger partial charge in [-0.25, -0.2) is 0 Å². The van der Waals surface area contributed by atoms with Gasteiger partial charge in [0.25, 0.3) is 5.69 Å². The number of nitrogens with zero attached hydrogens (tertiary/aromatic N) is 2. The molecule has 126 valence electrons. The van der Waals surface area contributed by atoms with Crippen LogP contribution in [0.25, 0.3) is 0 Å². The molecule has 2 rings (SSSR count). The largest absolute Gasteiger partial charge is 0.493 e. The summed E-state index contributed by atoms with van der Waals surface area (Å²) in [6.45, 7) is 2.78. The fourth-order valence-corrected chi connectivity index (χ4v) is 2.61. The van der Waals surface area contributed by atoms with Crippen molar-refractivity contribution in [2.75, 3.05) is 33.4 Å². The molecule has 8 nitrogen and oxygen atoms in total. The number of non-ortho nitro benzene ring substituents is 1. The van der Waals surface area contributed by atoms with Crippen LogP contribution in [-0.2, 0) is 4.79 Å². The van der Waals surface area contributed by atoms with E-state index in [1.54, 1.807) is 0 Å². The molecular formula is C15H21N3O5. The summed E-state index contributed by atoms with van der Waals surface area (Å²) in [4.78, 5) is 23.6. The zero-order valence-electron chi connectivity index (χ0n) is 13.1. The highest BCUT2D eigenvalue weighted by atomic mass is 16.6. The van der Waals surface area contributed by atoms with Crippen LogP contribution in [0.4, 0.5) is 5.69 Å². The van der Waals surface area contributed by atoms with Gasteiger partial charge in [-0.05, 0) is 32.0 Å². The molecule has 0 saturated carbocycles. The highest BCUT2D eigenvalue weighted by Gasteiger charge is 2.22. The number of primary amides is 1. The Balaban J connectivity index is 1.82. The van der Waals surface area contributed by atoms with Crippen molar-refractivity contribution in [1.29, 1.82) is 0 Å². The Kier molecular flexibility index (Phi) is 5.75. The quantitative estimate of drug-likeness (QED) is 0.596. The maximum atomic E-state index is 11.1. The van der Waals surface area contributed by atoms with Crippen molar-refractivity contribution in [2.24, 2.45) is 11.7 Å². The summed E-state index contributed by atoms with van der Waals surface area (Å²) in [5.74, 6) is 0.565. The first-order valence-corrected chi connectivity index (χ1v) is 7.48. The third-order valence-corrected chi connectivity index (χ3v) is 4.01. The number of ether oxygens (including phenoxy) is 2. The van der Waals surface area contributed by atoms with Gasteiger partial charge in [-0.2, -0.15) is 0 Å². The zero-order chi connectivity index (χ0) is 16.8. The Morgan fingerprint density at radius 2 is 2.09 bits per heavy atom. The lowest BCUT2D eigenvalue weighted by molar-refractivity contribution is -0.385. The SMILES string of the molecule is COc1cc([N+](=O)[O-])ccc1OCCN1CCC(C(N)=O)CC1. The minimum atomic E-state index is -0.477. The third-order valence-electron chi connectivity index (χ3n) is 4.01. The molecule has 0 aromatic heterocycles. The normalized spacial score (nSPS) is 16.0. The number of nitrogens with two attached hydrogens (primary N) is 1. The molecule has 0 unspecified atom stereocenters. The number of methoxy groups -OCH3 is 1. The molecule has 2 N–H and O–H groups in total.